The summed E-state index contributed by atoms with van der Waals surface area (Å²) in [5.74, 6) is -0.526. The summed E-state index contributed by atoms with van der Waals surface area (Å²) in [5, 5.41) is 3.35. The molecule has 1 saturated heterocycles. The van der Waals surface area contributed by atoms with Crippen LogP contribution in [0.5, 0.6) is 0 Å². The molecule has 2 aliphatic rings. The van der Waals surface area contributed by atoms with Crippen molar-refractivity contribution in [1.82, 2.24) is 14.7 Å². The predicted molar refractivity (Wildman–Crippen MR) is 116 cm³/mol. The van der Waals surface area contributed by atoms with Gasteiger partial charge in [0.2, 0.25) is 5.91 Å². The lowest BCUT2D eigenvalue weighted by Crippen LogP contribution is -2.44. The summed E-state index contributed by atoms with van der Waals surface area (Å²) in [5.41, 5.74) is 1.37. The quantitative estimate of drug-likeness (QED) is 0.663. The normalized spacial score (nSPS) is 23.6. The first kappa shape index (κ1) is 20.0. The van der Waals surface area contributed by atoms with Crippen LogP contribution < -0.4 is 10.2 Å². The summed E-state index contributed by atoms with van der Waals surface area (Å²) in [4.78, 5) is 32.0. The van der Waals surface area contributed by atoms with E-state index < -0.39 is 11.2 Å². The summed E-state index contributed by atoms with van der Waals surface area (Å²) in [7, 11) is 0. The lowest BCUT2D eigenvalue weighted by atomic mass is 9.71. The molecule has 5 rings (SSSR count). The highest BCUT2D eigenvalue weighted by Gasteiger charge is 2.49. The van der Waals surface area contributed by atoms with Crippen molar-refractivity contribution in [2.24, 2.45) is 5.41 Å². The van der Waals surface area contributed by atoms with Crippen LogP contribution in [0, 0.1) is 11.2 Å². The van der Waals surface area contributed by atoms with E-state index in [0.29, 0.717) is 30.8 Å². The number of hydrogen-bond donors (Lipinski definition) is 1. The van der Waals surface area contributed by atoms with Crippen LogP contribution in [-0.2, 0) is 4.79 Å². The number of halogens is 2. The molecular formula is C23H22ClFN4O2. The maximum atomic E-state index is 13.4. The van der Waals surface area contributed by atoms with Gasteiger partial charge in [-0.05, 0) is 62.4 Å². The standard InChI is InChI=1S/C23H22ClFN4O2/c24-17-13-15(25)4-5-18(17)29-12-10-23(22(29)31)8-6-16(7-9-23)27-21(30)19-14-26-20-3-1-2-11-28(19)20/h1-5,11,13-14,16H,6-10,12H2,(H,27,30)/t16-,23-. The molecule has 0 bridgehead atoms. The Morgan fingerprint density at radius 3 is 2.77 bits per heavy atom. The van der Waals surface area contributed by atoms with E-state index in [1.807, 2.05) is 24.4 Å². The number of fused-ring (bicyclic) bond motifs is 1. The van der Waals surface area contributed by atoms with E-state index in [-0.39, 0.29) is 22.9 Å². The molecule has 1 aromatic carbocycles. The van der Waals surface area contributed by atoms with Crippen molar-refractivity contribution in [2.45, 2.75) is 38.1 Å². The van der Waals surface area contributed by atoms with Crippen LogP contribution in [-0.4, -0.2) is 33.8 Å². The molecule has 2 fully saturated rings. The van der Waals surface area contributed by atoms with Gasteiger partial charge in [-0.2, -0.15) is 0 Å². The third-order valence-corrected chi connectivity index (χ3v) is 6.94. The molecule has 3 heterocycles. The van der Waals surface area contributed by atoms with Crippen molar-refractivity contribution in [1.29, 1.82) is 0 Å². The highest BCUT2D eigenvalue weighted by atomic mass is 35.5. The molecule has 0 atom stereocenters. The van der Waals surface area contributed by atoms with Crippen LogP contribution in [0.3, 0.4) is 0 Å². The molecular weight excluding hydrogens is 419 g/mol. The third-order valence-electron chi connectivity index (χ3n) is 6.64. The maximum absolute atomic E-state index is 13.4. The van der Waals surface area contributed by atoms with Gasteiger partial charge in [-0.15, -0.1) is 0 Å². The van der Waals surface area contributed by atoms with E-state index in [4.69, 9.17) is 11.6 Å². The Morgan fingerprint density at radius 1 is 1.19 bits per heavy atom. The average Bonchev–Trinajstić information content (AvgIpc) is 3.33. The van der Waals surface area contributed by atoms with E-state index in [1.165, 1.54) is 12.1 Å². The number of imidazole rings is 1. The van der Waals surface area contributed by atoms with Gasteiger partial charge in [0.15, 0.2) is 0 Å². The minimum atomic E-state index is -0.428. The molecule has 2 aromatic heterocycles. The SMILES string of the molecule is O=C(N[C@H]1CC[C@@]2(CCN(c3ccc(F)cc3Cl)C2=O)CC1)c1cnc2ccccn12. The van der Waals surface area contributed by atoms with Gasteiger partial charge in [0, 0.05) is 18.8 Å². The van der Waals surface area contributed by atoms with Gasteiger partial charge in [0.05, 0.1) is 22.3 Å². The largest absolute Gasteiger partial charge is 0.348 e. The molecule has 6 nitrogen and oxygen atoms in total. The minimum absolute atomic E-state index is 0.0173. The van der Waals surface area contributed by atoms with E-state index in [0.717, 1.165) is 24.9 Å². The molecule has 0 radical (unpaired) electrons. The average molecular weight is 441 g/mol. The molecule has 1 saturated carbocycles. The first-order valence-corrected chi connectivity index (χ1v) is 10.8. The smallest absolute Gasteiger partial charge is 0.270 e. The number of nitrogens with one attached hydrogen (secondary N) is 1. The molecule has 0 unspecified atom stereocenters. The maximum Gasteiger partial charge on any atom is 0.270 e. The van der Waals surface area contributed by atoms with Gasteiger partial charge in [0.25, 0.3) is 5.91 Å². The van der Waals surface area contributed by atoms with Crippen molar-refractivity contribution in [3.05, 3.63) is 65.3 Å². The highest BCUT2D eigenvalue weighted by molar-refractivity contribution is 6.34. The van der Waals surface area contributed by atoms with Crippen LogP contribution in [0.15, 0.2) is 48.8 Å². The van der Waals surface area contributed by atoms with Crippen molar-refractivity contribution in [3.63, 3.8) is 0 Å². The Labute approximate surface area is 184 Å². The number of pyridine rings is 1. The Hall–Kier alpha value is -2.93. The molecule has 160 valence electrons. The van der Waals surface area contributed by atoms with E-state index >= 15 is 0 Å². The van der Waals surface area contributed by atoms with Crippen LogP contribution in [0.2, 0.25) is 5.02 Å². The number of benzene rings is 1. The van der Waals surface area contributed by atoms with Crippen molar-refractivity contribution >= 4 is 34.7 Å². The zero-order chi connectivity index (χ0) is 21.6. The third kappa shape index (κ3) is 3.47. The second-order valence-electron chi connectivity index (χ2n) is 8.40. The van der Waals surface area contributed by atoms with Crippen molar-refractivity contribution in [3.8, 4) is 0 Å². The summed E-state index contributed by atoms with van der Waals surface area (Å²) in [6.07, 6.45) is 7.03. The van der Waals surface area contributed by atoms with Crippen LogP contribution in [0.1, 0.15) is 42.6 Å². The first-order valence-electron chi connectivity index (χ1n) is 10.5. The number of hydrogen-bond acceptors (Lipinski definition) is 3. The van der Waals surface area contributed by atoms with Crippen molar-refractivity contribution < 1.29 is 14.0 Å². The zero-order valence-electron chi connectivity index (χ0n) is 16.9. The second-order valence-corrected chi connectivity index (χ2v) is 8.81. The summed E-state index contributed by atoms with van der Waals surface area (Å²) in [6, 6.07) is 9.74. The Morgan fingerprint density at radius 2 is 2.00 bits per heavy atom. The number of rotatable bonds is 3. The second kappa shape index (κ2) is 7.64. The number of carbonyl (C=O) groups is 2. The van der Waals surface area contributed by atoms with Gasteiger partial charge in [-0.25, -0.2) is 9.37 Å². The fourth-order valence-corrected chi connectivity index (χ4v) is 5.16. The van der Waals surface area contributed by atoms with E-state index in [9.17, 15) is 14.0 Å². The van der Waals surface area contributed by atoms with E-state index in [1.54, 1.807) is 21.6 Å². The fraction of sp³-hybridized carbons (Fsp3) is 0.348. The molecule has 1 spiro atoms. The van der Waals surface area contributed by atoms with Crippen LogP contribution >= 0.6 is 11.6 Å². The van der Waals surface area contributed by atoms with Crippen LogP contribution in [0.25, 0.3) is 5.65 Å². The molecule has 3 aromatic rings. The summed E-state index contributed by atoms with van der Waals surface area (Å²) in [6.45, 7) is 0.572. The van der Waals surface area contributed by atoms with Gasteiger partial charge in [-0.3, -0.25) is 14.0 Å². The van der Waals surface area contributed by atoms with Gasteiger partial charge < -0.3 is 10.2 Å². The zero-order valence-corrected chi connectivity index (χ0v) is 17.6. The lowest BCUT2D eigenvalue weighted by molar-refractivity contribution is -0.127. The fourth-order valence-electron chi connectivity index (χ4n) is 4.89. The molecule has 1 aliphatic heterocycles. The predicted octanol–water partition coefficient (Wildman–Crippen LogP) is 4.22. The molecule has 1 N–H and O–H groups in total. The number of anilines is 1. The summed E-state index contributed by atoms with van der Waals surface area (Å²) >= 11 is 6.18. The molecule has 1 aliphatic carbocycles. The molecule has 8 heteroatoms. The van der Waals surface area contributed by atoms with Gasteiger partial charge >= 0.3 is 0 Å². The van der Waals surface area contributed by atoms with Gasteiger partial charge in [0.1, 0.15) is 17.2 Å². The molecule has 31 heavy (non-hydrogen) atoms. The van der Waals surface area contributed by atoms with E-state index in [2.05, 4.69) is 10.3 Å². The Balaban J connectivity index is 1.25. The Kier molecular flexibility index (Phi) is 4.93. The van der Waals surface area contributed by atoms with Crippen molar-refractivity contribution in [2.75, 3.05) is 11.4 Å². The number of nitrogens with zero attached hydrogens (tertiary/aromatic N) is 3. The minimum Gasteiger partial charge on any atom is -0.348 e. The number of amides is 2. The highest BCUT2D eigenvalue weighted by Crippen LogP contribution is 2.47. The molecule has 2 amide bonds. The van der Waals surface area contributed by atoms with Gasteiger partial charge in [-0.1, -0.05) is 17.7 Å². The van der Waals surface area contributed by atoms with Crippen LogP contribution in [0.4, 0.5) is 10.1 Å². The number of carbonyl (C=O) groups excluding carboxylic acids is 2. The lowest BCUT2D eigenvalue weighted by Gasteiger charge is -2.36. The monoisotopic (exact) mass is 440 g/mol. The summed E-state index contributed by atoms with van der Waals surface area (Å²) < 4.78 is 15.2. The number of aromatic nitrogens is 2. The first-order chi connectivity index (χ1) is 15.0. The Bertz CT molecular complexity index is 1170. The topological polar surface area (TPSA) is 66.7 Å².